The van der Waals surface area contributed by atoms with Gasteiger partial charge in [-0.1, -0.05) is 54.6 Å². The lowest BCUT2D eigenvalue weighted by Crippen LogP contribution is -2.49. The van der Waals surface area contributed by atoms with Crippen LogP contribution in [0.2, 0.25) is 0 Å². The van der Waals surface area contributed by atoms with E-state index in [1.54, 1.807) is 48.5 Å². The van der Waals surface area contributed by atoms with Crippen LogP contribution < -0.4 is 14.8 Å². The van der Waals surface area contributed by atoms with Crippen molar-refractivity contribution in [3.63, 3.8) is 0 Å². The van der Waals surface area contributed by atoms with Gasteiger partial charge in [0.25, 0.3) is 0 Å². The number of para-hydroxylation sites is 1. The van der Waals surface area contributed by atoms with E-state index in [0.29, 0.717) is 33.9 Å². The molecule has 1 amide bonds. The van der Waals surface area contributed by atoms with Crippen molar-refractivity contribution in [3.05, 3.63) is 131 Å². The van der Waals surface area contributed by atoms with Gasteiger partial charge in [-0.2, -0.15) is 0 Å². The molecule has 0 saturated carbocycles. The Morgan fingerprint density at radius 3 is 2.34 bits per heavy atom. The van der Waals surface area contributed by atoms with Gasteiger partial charge in [0.05, 0.1) is 19.1 Å². The number of anilines is 1. The van der Waals surface area contributed by atoms with Gasteiger partial charge >= 0.3 is 5.97 Å². The molecule has 7 rings (SSSR count). The van der Waals surface area contributed by atoms with Crippen molar-refractivity contribution in [2.75, 3.05) is 12.4 Å². The van der Waals surface area contributed by atoms with Crippen LogP contribution in [0.25, 0.3) is 6.08 Å². The molecule has 8 nitrogen and oxygen atoms in total. The second-order valence-corrected chi connectivity index (χ2v) is 11.2. The number of methoxy groups -OCH3 is 1. The molecule has 218 valence electrons. The minimum absolute atomic E-state index is 0.301. The van der Waals surface area contributed by atoms with Crippen molar-refractivity contribution in [2.45, 2.75) is 24.4 Å². The van der Waals surface area contributed by atoms with Gasteiger partial charge in [0, 0.05) is 29.9 Å². The van der Waals surface area contributed by atoms with Crippen molar-refractivity contribution in [3.8, 4) is 11.5 Å². The first kappa shape index (κ1) is 27.3. The number of fused-ring (bicyclic) bond motifs is 6. The van der Waals surface area contributed by atoms with E-state index in [9.17, 15) is 19.2 Å². The number of rotatable bonds is 6. The Bertz CT molecular complexity index is 1880. The monoisotopic (exact) mass is 584 g/mol. The van der Waals surface area contributed by atoms with Crippen LogP contribution in [0.5, 0.6) is 11.5 Å². The van der Waals surface area contributed by atoms with Crippen LogP contribution in [-0.2, 0) is 15.0 Å². The highest BCUT2D eigenvalue weighted by molar-refractivity contribution is 6.16. The Morgan fingerprint density at radius 1 is 0.818 bits per heavy atom. The first-order valence-electron chi connectivity index (χ1n) is 14.3. The topological polar surface area (TPSA) is 102 Å². The first-order valence-corrected chi connectivity index (χ1v) is 14.3. The Hall–Kier alpha value is -5.50. The summed E-state index contributed by atoms with van der Waals surface area (Å²) in [6, 6.07) is 26.5. The predicted molar refractivity (Wildman–Crippen MR) is 163 cm³/mol. The van der Waals surface area contributed by atoms with E-state index in [1.807, 2.05) is 65.7 Å². The summed E-state index contributed by atoms with van der Waals surface area (Å²) < 4.78 is 10.6. The molecule has 1 N–H and O–H groups in total. The molecular formula is C36H28N2O6. The minimum Gasteiger partial charge on any atom is -0.497 e. The molecule has 1 fully saturated rings. The van der Waals surface area contributed by atoms with Crippen LogP contribution >= 0.6 is 0 Å². The van der Waals surface area contributed by atoms with Gasteiger partial charge in [0.2, 0.25) is 5.91 Å². The molecule has 4 aromatic rings. The molecular weight excluding hydrogens is 556 g/mol. The van der Waals surface area contributed by atoms with E-state index in [1.165, 1.54) is 14.0 Å². The standard InChI is InChI=1S/C36H28N2O6/c1-21(39)44-25-16-14-23(15-17-25)33(41)31-30(32(40)24-9-7-10-26(20-24)43-2)36(28-12-5-6-13-29(28)37-35(36)42)34-27-11-4-3-8-22(27)18-19-38(31)34/h3-20,30-31,34H,1-2H3,(H,37,42)/t30-,31-,34-,36+/m1/s1. The molecule has 3 aliphatic rings. The van der Waals surface area contributed by atoms with Gasteiger partial charge < -0.3 is 19.7 Å². The highest BCUT2D eigenvalue weighted by Crippen LogP contribution is 2.62. The summed E-state index contributed by atoms with van der Waals surface area (Å²) in [5.74, 6) is -1.80. The highest BCUT2D eigenvalue weighted by atomic mass is 16.5. The van der Waals surface area contributed by atoms with Crippen LogP contribution in [0.3, 0.4) is 0 Å². The molecule has 0 radical (unpaired) electrons. The van der Waals surface area contributed by atoms with Crippen LogP contribution in [0.4, 0.5) is 5.69 Å². The number of ether oxygens (including phenoxy) is 2. The van der Waals surface area contributed by atoms with Crippen LogP contribution in [-0.4, -0.2) is 41.5 Å². The molecule has 8 heteroatoms. The van der Waals surface area contributed by atoms with Crippen molar-refractivity contribution >= 4 is 35.2 Å². The van der Waals surface area contributed by atoms with Gasteiger partial charge in [-0.25, -0.2) is 0 Å². The fourth-order valence-electron chi connectivity index (χ4n) is 7.15. The third kappa shape index (κ3) is 3.98. The lowest BCUT2D eigenvalue weighted by atomic mass is 9.62. The molecule has 1 spiro atoms. The third-order valence-electron chi connectivity index (χ3n) is 8.88. The van der Waals surface area contributed by atoms with Crippen molar-refractivity contribution in [1.82, 2.24) is 4.90 Å². The average Bonchev–Trinajstić information content (AvgIpc) is 3.52. The predicted octanol–water partition coefficient (Wildman–Crippen LogP) is 5.60. The summed E-state index contributed by atoms with van der Waals surface area (Å²) in [5.41, 5.74) is 2.28. The number of carbonyl (C=O) groups is 4. The number of nitrogens with zero attached hydrogens (tertiary/aromatic N) is 1. The van der Waals surface area contributed by atoms with Gasteiger partial charge in [0.15, 0.2) is 11.6 Å². The van der Waals surface area contributed by atoms with Gasteiger partial charge in [0.1, 0.15) is 23.0 Å². The zero-order valence-electron chi connectivity index (χ0n) is 24.0. The Kier molecular flexibility index (Phi) is 6.43. The summed E-state index contributed by atoms with van der Waals surface area (Å²) in [5, 5.41) is 3.05. The number of hydrogen-bond acceptors (Lipinski definition) is 7. The maximum atomic E-state index is 14.9. The summed E-state index contributed by atoms with van der Waals surface area (Å²) in [6.07, 6.45) is 3.75. The van der Waals surface area contributed by atoms with Gasteiger partial charge in [-0.3, -0.25) is 19.2 Å². The molecule has 0 unspecified atom stereocenters. The zero-order valence-corrected chi connectivity index (χ0v) is 24.0. The third-order valence-corrected chi connectivity index (χ3v) is 8.88. The SMILES string of the molecule is COc1cccc(C(=O)[C@H]2[C@H](C(=O)c3ccc(OC(C)=O)cc3)N3C=Cc4ccccc4[C@@H]3[C@@]23C(=O)Nc2ccccc23)c1. The number of carbonyl (C=O) groups excluding carboxylic acids is 4. The summed E-state index contributed by atoms with van der Waals surface area (Å²) in [4.78, 5) is 57.5. The zero-order chi connectivity index (χ0) is 30.6. The summed E-state index contributed by atoms with van der Waals surface area (Å²) in [7, 11) is 1.52. The molecule has 4 aromatic carbocycles. The number of nitrogens with one attached hydrogen (secondary N) is 1. The Labute approximate surface area is 253 Å². The summed E-state index contributed by atoms with van der Waals surface area (Å²) in [6.45, 7) is 1.30. The van der Waals surface area contributed by atoms with Crippen LogP contribution in [0, 0.1) is 5.92 Å². The molecule has 0 aliphatic carbocycles. The van der Waals surface area contributed by atoms with E-state index < -0.39 is 29.4 Å². The number of amides is 1. The first-order chi connectivity index (χ1) is 21.3. The Morgan fingerprint density at radius 2 is 1.57 bits per heavy atom. The number of Topliss-reactive ketones (excluding diaryl/α,β-unsaturated/α-hetero) is 2. The van der Waals surface area contributed by atoms with E-state index in [-0.39, 0.29) is 17.5 Å². The Balaban J connectivity index is 1.48. The van der Waals surface area contributed by atoms with E-state index in [0.717, 1.165) is 11.1 Å². The van der Waals surface area contributed by atoms with Crippen molar-refractivity contribution in [1.29, 1.82) is 0 Å². The lowest BCUT2D eigenvalue weighted by molar-refractivity contribution is -0.131. The number of hydrogen-bond donors (Lipinski definition) is 1. The highest BCUT2D eigenvalue weighted by Gasteiger charge is 2.70. The quantitative estimate of drug-likeness (QED) is 0.179. The number of benzene rings is 4. The number of ketones is 2. The van der Waals surface area contributed by atoms with Crippen molar-refractivity contribution < 1.29 is 28.7 Å². The maximum Gasteiger partial charge on any atom is 0.308 e. The molecule has 3 heterocycles. The lowest BCUT2D eigenvalue weighted by Gasteiger charge is -2.38. The maximum absolute atomic E-state index is 14.9. The van der Waals surface area contributed by atoms with Crippen LogP contribution in [0.15, 0.2) is 103 Å². The van der Waals surface area contributed by atoms with Crippen molar-refractivity contribution in [2.24, 2.45) is 5.92 Å². The normalized spacial score (nSPS) is 22.5. The van der Waals surface area contributed by atoms with Gasteiger partial charge in [-0.15, -0.1) is 0 Å². The second-order valence-electron chi connectivity index (χ2n) is 11.2. The largest absolute Gasteiger partial charge is 0.497 e. The molecule has 0 bridgehead atoms. The number of esters is 1. The molecule has 4 atom stereocenters. The average molecular weight is 585 g/mol. The molecule has 0 aromatic heterocycles. The fraction of sp³-hybridized carbons (Fsp3) is 0.167. The summed E-state index contributed by atoms with van der Waals surface area (Å²) >= 11 is 0. The van der Waals surface area contributed by atoms with E-state index in [2.05, 4.69) is 5.32 Å². The minimum atomic E-state index is -1.43. The molecule has 44 heavy (non-hydrogen) atoms. The van der Waals surface area contributed by atoms with Crippen LogP contribution in [0.1, 0.15) is 50.4 Å². The van der Waals surface area contributed by atoms with Gasteiger partial charge in [-0.05, 0) is 65.2 Å². The molecule has 3 aliphatic heterocycles. The fourth-order valence-corrected chi connectivity index (χ4v) is 7.15. The second kappa shape index (κ2) is 10.3. The molecule has 1 saturated heterocycles. The van der Waals surface area contributed by atoms with E-state index in [4.69, 9.17) is 9.47 Å². The van der Waals surface area contributed by atoms with E-state index >= 15 is 0 Å². The smallest absolute Gasteiger partial charge is 0.308 e.